The molecule has 0 saturated carbocycles. The second kappa shape index (κ2) is 5.70. The van der Waals surface area contributed by atoms with Crippen molar-refractivity contribution in [1.82, 2.24) is 4.98 Å². The molecule has 2 aromatic rings. The summed E-state index contributed by atoms with van der Waals surface area (Å²) in [6.07, 6.45) is 1.48. The number of rotatable bonds is 2. The summed E-state index contributed by atoms with van der Waals surface area (Å²) < 4.78 is 11.5. The fourth-order valence-electron chi connectivity index (χ4n) is 2.10. The molecule has 4 heteroatoms. The van der Waals surface area contributed by atoms with Gasteiger partial charge in [-0.15, -0.1) is 0 Å². The van der Waals surface area contributed by atoms with E-state index in [-0.39, 0.29) is 12.2 Å². The van der Waals surface area contributed by atoms with Crippen molar-refractivity contribution >= 4 is 11.6 Å². The standard InChI is InChI=1S/C15H14ClNO2/c16-13-6-4-11(5-7-13)15-18-9-12(10-19-15)14-3-1-2-8-17-14/h1-8,12,15H,9-10H2. The van der Waals surface area contributed by atoms with Gasteiger partial charge in [0.1, 0.15) is 0 Å². The number of halogens is 1. The SMILES string of the molecule is Clc1ccc(C2OCC(c3ccccn3)CO2)cc1. The van der Waals surface area contributed by atoms with Crippen LogP contribution in [-0.4, -0.2) is 18.2 Å². The molecule has 1 aromatic carbocycles. The van der Waals surface area contributed by atoms with Gasteiger partial charge in [0.2, 0.25) is 0 Å². The molecule has 1 aliphatic rings. The maximum atomic E-state index is 5.86. The number of nitrogens with zero attached hydrogens (tertiary/aromatic N) is 1. The van der Waals surface area contributed by atoms with Gasteiger partial charge in [0.25, 0.3) is 0 Å². The maximum absolute atomic E-state index is 5.86. The Bertz CT molecular complexity index is 522. The molecule has 3 nitrogen and oxygen atoms in total. The molecule has 98 valence electrons. The Morgan fingerprint density at radius 3 is 2.37 bits per heavy atom. The topological polar surface area (TPSA) is 31.4 Å². The lowest BCUT2D eigenvalue weighted by molar-refractivity contribution is -0.192. The van der Waals surface area contributed by atoms with Crippen molar-refractivity contribution in [2.75, 3.05) is 13.2 Å². The predicted molar refractivity (Wildman–Crippen MR) is 73.1 cm³/mol. The van der Waals surface area contributed by atoms with Crippen LogP contribution in [0.25, 0.3) is 0 Å². The van der Waals surface area contributed by atoms with E-state index in [9.17, 15) is 0 Å². The van der Waals surface area contributed by atoms with Crippen molar-refractivity contribution in [2.45, 2.75) is 12.2 Å². The second-order valence-electron chi connectivity index (χ2n) is 4.50. The van der Waals surface area contributed by atoms with Crippen LogP contribution in [0.5, 0.6) is 0 Å². The summed E-state index contributed by atoms with van der Waals surface area (Å²) in [6, 6.07) is 13.4. The first-order chi connectivity index (χ1) is 9.33. The van der Waals surface area contributed by atoms with Gasteiger partial charge >= 0.3 is 0 Å². The molecule has 0 amide bonds. The highest BCUT2D eigenvalue weighted by Crippen LogP contribution is 2.29. The summed E-state index contributed by atoms with van der Waals surface area (Å²) in [5.41, 5.74) is 2.00. The fourth-order valence-corrected chi connectivity index (χ4v) is 2.23. The fraction of sp³-hybridized carbons (Fsp3) is 0.267. The van der Waals surface area contributed by atoms with Gasteiger partial charge in [0, 0.05) is 28.4 Å². The van der Waals surface area contributed by atoms with Gasteiger partial charge in [-0.3, -0.25) is 4.98 Å². The largest absolute Gasteiger partial charge is 0.348 e. The van der Waals surface area contributed by atoms with Crippen LogP contribution in [0.4, 0.5) is 0 Å². The molecule has 1 saturated heterocycles. The van der Waals surface area contributed by atoms with Gasteiger partial charge in [0.15, 0.2) is 6.29 Å². The minimum Gasteiger partial charge on any atom is -0.348 e. The molecule has 19 heavy (non-hydrogen) atoms. The van der Waals surface area contributed by atoms with Crippen molar-refractivity contribution in [3.8, 4) is 0 Å². The summed E-state index contributed by atoms with van der Waals surface area (Å²) in [5.74, 6) is 0.199. The zero-order valence-electron chi connectivity index (χ0n) is 10.3. The summed E-state index contributed by atoms with van der Waals surface area (Å²) >= 11 is 5.86. The van der Waals surface area contributed by atoms with E-state index in [0.29, 0.717) is 18.2 Å². The Hall–Kier alpha value is -1.42. The molecule has 1 aliphatic heterocycles. The number of benzene rings is 1. The van der Waals surface area contributed by atoms with Crippen molar-refractivity contribution in [3.63, 3.8) is 0 Å². The zero-order chi connectivity index (χ0) is 13.1. The first-order valence-electron chi connectivity index (χ1n) is 6.22. The Morgan fingerprint density at radius 2 is 1.74 bits per heavy atom. The van der Waals surface area contributed by atoms with Crippen LogP contribution in [0.15, 0.2) is 48.7 Å². The average Bonchev–Trinajstić information content (AvgIpc) is 2.49. The molecule has 0 unspecified atom stereocenters. The lowest BCUT2D eigenvalue weighted by Crippen LogP contribution is -2.26. The summed E-state index contributed by atoms with van der Waals surface area (Å²) in [5, 5.41) is 0.714. The third-order valence-electron chi connectivity index (χ3n) is 3.15. The van der Waals surface area contributed by atoms with E-state index < -0.39 is 0 Å². The van der Waals surface area contributed by atoms with Gasteiger partial charge in [0.05, 0.1) is 13.2 Å². The first-order valence-corrected chi connectivity index (χ1v) is 6.60. The maximum Gasteiger partial charge on any atom is 0.183 e. The molecule has 0 aliphatic carbocycles. The second-order valence-corrected chi connectivity index (χ2v) is 4.94. The van der Waals surface area contributed by atoms with E-state index in [1.54, 1.807) is 6.20 Å². The van der Waals surface area contributed by atoms with Crippen molar-refractivity contribution in [2.24, 2.45) is 0 Å². The first kappa shape index (κ1) is 12.6. The van der Waals surface area contributed by atoms with Crippen LogP contribution < -0.4 is 0 Å². The Balaban J connectivity index is 1.65. The third kappa shape index (κ3) is 2.95. The van der Waals surface area contributed by atoms with E-state index >= 15 is 0 Å². The molecule has 1 aromatic heterocycles. The van der Waals surface area contributed by atoms with Crippen LogP contribution >= 0.6 is 11.6 Å². The number of aromatic nitrogens is 1. The van der Waals surface area contributed by atoms with Gasteiger partial charge in [-0.1, -0.05) is 29.8 Å². The third-order valence-corrected chi connectivity index (χ3v) is 3.40. The molecule has 0 atom stereocenters. The number of ether oxygens (including phenoxy) is 2. The van der Waals surface area contributed by atoms with E-state index in [1.807, 2.05) is 42.5 Å². The minimum absolute atomic E-state index is 0.199. The number of pyridine rings is 1. The smallest absolute Gasteiger partial charge is 0.183 e. The Morgan fingerprint density at radius 1 is 1.00 bits per heavy atom. The molecule has 3 rings (SSSR count). The number of hydrogen-bond acceptors (Lipinski definition) is 3. The number of hydrogen-bond donors (Lipinski definition) is 0. The molecule has 0 spiro atoms. The van der Waals surface area contributed by atoms with E-state index in [0.717, 1.165) is 11.3 Å². The quantitative estimate of drug-likeness (QED) is 0.840. The lowest BCUT2D eigenvalue weighted by atomic mass is 10.1. The highest BCUT2D eigenvalue weighted by Gasteiger charge is 2.25. The van der Waals surface area contributed by atoms with Crippen LogP contribution in [0.2, 0.25) is 5.02 Å². The van der Waals surface area contributed by atoms with Crippen molar-refractivity contribution in [1.29, 1.82) is 0 Å². The van der Waals surface area contributed by atoms with Crippen LogP contribution in [0.1, 0.15) is 23.5 Å². The van der Waals surface area contributed by atoms with Crippen molar-refractivity contribution < 1.29 is 9.47 Å². The minimum atomic E-state index is -0.308. The zero-order valence-corrected chi connectivity index (χ0v) is 11.1. The van der Waals surface area contributed by atoms with E-state index in [2.05, 4.69) is 4.98 Å². The van der Waals surface area contributed by atoms with E-state index in [1.165, 1.54) is 0 Å². The lowest BCUT2D eigenvalue weighted by Gasteiger charge is -2.29. The van der Waals surface area contributed by atoms with E-state index in [4.69, 9.17) is 21.1 Å². The molecular formula is C15H14ClNO2. The molecule has 0 bridgehead atoms. The summed E-state index contributed by atoms with van der Waals surface area (Å²) in [7, 11) is 0. The van der Waals surface area contributed by atoms with Gasteiger partial charge in [-0.2, -0.15) is 0 Å². The molecule has 0 radical (unpaired) electrons. The highest BCUT2D eigenvalue weighted by molar-refractivity contribution is 6.30. The molecule has 2 heterocycles. The summed E-state index contributed by atoms with van der Waals surface area (Å²) in [6.45, 7) is 1.23. The summed E-state index contributed by atoms with van der Waals surface area (Å²) in [4.78, 5) is 4.33. The van der Waals surface area contributed by atoms with Gasteiger partial charge in [-0.25, -0.2) is 0 Å². The Kier molecular flexibility index (Phi) is 3.78. The van der Waals surface area contributed by atoms with Crippen molar-refractivity contribution in [3.05, 3.63) is 64.9 Å². The molecule has 1 fully saturated rings. The average molecular weight is 276 g/mol. The monoisotopic (exact) mass is 275 g/mol. The van der Waals surface area contributed by atoms with Gasteiger partial charge < -0.3 is 9.47 Å². The Labute approximate surface area is 117 Å². The molecular weight excluding hydrogens is 262 g/mol. The predicted octanol–water partition coefficient (Wildman–Crippen LogP) is 3.56. The molecule has 0 N–H and O–H groups in total. The van der Waals surface area contributed by atoms with Crippen LogP contribution in [-0.2, 0) is 9.47 Å². The van der Waals surface area contributed by atoms with Crippen LogP contribution in [0.3, 0.4) is 0 Å². The van der Waals surface area contributed by atoms with Crippen LogP contribution in [0, 0.1) is 0 Å². The van der Waals surface area contributed by atoms with Gasteiger partial charge in [-0.05, 0) is 24.3 Å². The normalized spacial score (nSPS) is 23.2. The highest BCUT2D eigenvalue weighted by atomic mass is 35.5.